The Bertz CT molecular complexity index is 125. The molecule has 0 spiro atoms. The first-order valence-electron chi connectivity index (χ1n) is 3.19. The van der Waals surface area contributed by atoms with Crippen molar-refractivity contribution in [3.05, 3.63) is 0 Å². The molecule has 5 heteroatoms. The van der Waals surface area contributed by atoms with Crippen molar-refractivity contribution in [1.29, 1.82) is 0 Å². The van der Waals surface area contributed by atoms with Crippen LogP contribution >= 0.6 is 11.9 Å². The van der Waals surface area contributed by atoms with E-state index in [-0.39, 0.29) is 0 Å². The number of carboxylic acid groups (broad SMARTS) is 1. The number of carbonyl (C=O) groups is 1. The molecule has 0 aliphatic carbocycles. The third-order valence-electron chi connectivity index (χ3n) is 1.22. The van der Waals surface area contributed by atoms with Crippen molar-refractivity contribution in [3.63, 3.8) is 0 Å². The van der Waals surface area contributed by atoms with Crippen LogP contribution in [0.25, 0.3) is 0 Å². The summed E-state index contributed by atoms with van der Waals surface area (Å²) in [6.07, 6.45) is 1.28. The molecular weight excluding hydrogens is 152 g/mol. The first kappa shape index (κ1) is 7.68. The highest BCUT2D eigenvalue weighted by atomic mass is 32.2. The Hall–Kier alpha value is -0.420. The predicted molar refractivity (Wildman–Crippen MR) is 39.6 cm³/mol. The van der Waals surface area contributed by atoms with Gasteiger partial charge in [-0.2, -0.15) is 4.41 Å². The van der Waals surface area contributed by atoms with Crippen molar-refractivity contribution in [2.45, 2.75) is 12.8 Å². The van der Waals surface area contributed by atoms with E-state index in [4.69, 9.17) is 5.11 Å². The van der Waals surface area contributed by atoms with E-state index in [1.165, 1.54) is 18.4 Å². The third kappa shape index (κ3) is 2.45. The molecule has 1 amide bonds. The zero-order valence-corrected chi connectivity index (χ0v) is 6.36. The average molecular weight is 162 g/mol. The van der Waals surface area contributed by atoms with Gasteiger partial charge in [0.05, 0.1) is 0 Å². The fraction of sp³-hybridized carbons (Fsp3) is 0.800. The molecule has 1 aliphatic rings. The average Bonchev–Trinajstić information content (AvgIpc) is 1.88. The van der Waals surface area contributed by atoms with E-state index in [0.717, 1.165) is 18.7 Å². The normalized spacial score (nSPS) is 20.4. The SMILES string of the molecule is O=C(O)NN1CCCCS1. The lowest BCUT2D eigenvalue weighted by Crippen LogP contribution is -2.38. The molecule has 10 heavy (non-hydrogen) atoms. The maximum atomic E-state index is 10.1. The molecule has 0 aromatic heterocycles. The summed E-state index contributed by atoms with van der Waals surface area (Å²) in [4.78, 5) is 10.1. The second-order valence-electron chi connectivity index (χ2n) is 2.06. The molecule has 0 saturated carbocycles. The van der Waals surface area contributed by atoms with E-state index in [0.29, 0.717) is 0 Å². The minimum absolute atomic E-state index is 0.816. The van der Waals surface area contributed by atoms with Crippen LogP contribution in [0.2, 0.25) is 0 Å². The summed E-state index contributed by atoms with van der Waals surface area (Å²) in [5.74, 6) is 1.01. The van der Waals surface area contributed by atoms with E-state index < -0.39 is 6.09 Å². The molecule has 1 saturated heterocycles. The van der Waals surface area contributed by atoms with Gasteiger partial charge >= 0.3 is 6.09 Å². The number of hydrogen-bond acceptors (Lipinski definition) is 3. The minimum Gasteiger partial charge on any atom is -0.464 e. The van der Waals surface area contributed by atoms with Gasteiger partial charge in [0.15, 0.2) is 0 Å². The molecule has 0 aromatic rings. The summed E-state index contributed by atoms with van der Waals surface area (Å²) in [6, 6.07) is 0. The third-order valence-corrected chi connectivity index (χ3v) is 2.28. The lowest BCUT2D eigenvalue weighted by atomic mass is 10.3. The number of hydrazine groups is 1. The van der Waals surface area contributed by atoms with Gasteiger partial charge in [0.1, 0.15) is 0 Å². The van der Waals surface area contributed by atoms with Gasteiger partial charge < -0.3 is 5.11 Å². The highest BCUT2D eigenvalue weighted by Gasteiger charge is 2.11. The standard InChI is InChI=1S/C5H10N2O2S/c8-5(9)6-7-3-1-2-4-10-7/h6H,1-4H2,(H,8,9). The summed E-state index contributed by atoms with van der Waals surface area (Å²) < 4.78 is 1.66. The first-order chi connectivity index (χ1) is 4.79. The molecule has 0 unspecified atom stereocenters. The quantitative estimate of drug-likeness (QED) is 0.563. The Labute approximate surface area is 63.7 Å². The minimum atomic E-state index is -0.977. The monoisotopic (exact) mass is 162 g/mol. The van der Waals surface area contributed by atoms with Crippen LogP contribution in [0.1, 0.15) is 12.8 Å². The summed E-state index contributed by atoms with van der Waals surface area (Å²) in [5, 5.41) is 8.30. The Kier molecular flexibility index (Phi) is 2.82. The second-order valence-corrected chi connectivity index (χ2v) is 3.17. The Morgan fingerprint density at radius 3 is 2.90 bits per heavy atom. The molecule has 58 valence electrons. The van der Waals surface area contributed by atoms with E-state index in [9.17, 15) is 4.79 Å². The first-order valence-corrected chi connectivity index (χ1v) is 4.13. The highest BCUT2D eigenvalue weighted by Crippen LogP contribution is 2.15. The van der Waals surface area contributed by atoms with Gasteiger partial charge in [0, 0.05) is 12.3 Å². The van der Waals surface area contributed by atoms with Crippen LogP contribution in [0, 0.1) is 0 Å². The van der Waals surface area contributed by atoms with Gasteiger partial charge in [-0.1, -0.05) is 11.9 Å². The smallest absolute Gasteiger partial charge is 0.420 e. The topological polar surface area (TPSA) is 52.6 Å². The number of rotatable bonds is 1. The van der Waals surface area contributed by atoms with Crippen LogP contribution in [0.15, 0.2) is 0 Å². The molecule has 1 aliphatic heterocycles. The van der Waals surface area contributed by atoms with Crippen LogP contribution in [0.5, 0.6) is 0 Å². The van der Waals surface area contributed by atoms with Crippen molar-refractivity contribution in [3.8, 4) is 0 Å². The fourth-order valence-electron chi connectivity index (χ4n) is 0.792. The summed E-state index contributed by atoms with van der Waals surface area (Å²) in [6.45, 7) is 0.816. The molecule has 0 atom stereocenters. The number of nitrogens with zero attached hydrogens (tertiary/aromatic N) is 1. The van der Waals surface area contributed by atoms with Gasteiger partial charge in [0.25, 0.3) is 0 Å². The lowest BCUT2D eigenvalue weighted by Gasteiger charge is -2.23. The zero-order valence-electron chi connectivity index (χ0n) is 5.54. The van der Waals surface area contributed by atoms with Crippen molar-refractivity contribution < 1.29 is 9.90 Å². The molecule has 2 N–H and O–H groups in total. The van der Waals surface area contributed by atoms with E-state index in [1.54, 1.807) is 4.41 Å². The fourth-order valence-corrected chi connectivity index (χ4v) is 1.75. The molecule has 0 radical (unpaired) electrons. The van der Waals surface area contributed by atoms with Crippen molar-refractivity contribution in [2.75, 3.05) is 12.3 Å². The largest absolute Gasteiger partial charge is 0.464 e. The molecule has 1 rings (SSSR count). The van der Waals surface area contributed by atoms with Gasteiger partial charge in [-0.05, 0) is 12.8 Å². The number of nitrogens with one attached hydrogen (secondary N) is 1. The molecule has 0 bridgehead atoms. The molecule has 0 aromatic carbocycles. The number of amides is 1. The molecular formula is C5H10N2O2S. The summed E-state index contributed by atoms with van der Waals surface area (Å²) >= 11 is 1.53. The van der Waals surface area contributed by atoms with Crippen LogP contribution in [-0.4, -0.2) is 27.9 Å². The van der Waals surface area contributed by atoms with Gasteiger partial charge in [-0.25, -0.2) is 10.2 Å². The van der Waals surface area contributed by atoms with E-state index >= 15 is 0 Å². The van der Waals surface area contributed by atoms with Crippen molar-refractivity contribution in [2.24, 2.45) is 0 Å². The van der Waals surface area contributed by atoms with Crippen molar-refractivity contribution >= 4 is 18.0 Å². The molecule has 4 nitrogen and oxygen atoms in total. The maximum Gasteiger partial charge on any atom is 0.420 e. The zero-order chi connectivity index (χ0) is 7.40. The van der Waals surface area contributed by atoms with Gasteiger partial charge in [-0.3, -0.25) is 0 Å². The van der Waals surface area contributed by atoms with Gasteiger partial charge in [-0.15, -0.1) is 0 Å². The Morgan fingerprint density at radius 1 is 1.60 bits per heavy atom. The van der Waals surface area contributed by atoms with E-state index in [1.807, 2.05) is 0 Å². The highest BCUT2D eigenvalue weighted by molar-refractivity contribution is 7.97. The van der Waals surface area contributed by atoms with Crippen LogP contribution in [0.3, 0.4) is 0 Å². The molecule has 1 fully saturated rings. The maximum absolute atomic E-state index is 10.1. The Balaban J connectivity index is 2.19. The van der Waals surface area contributed by atoms with Crippen LogP contribution in [0.4, 0.5) is 4.79 Å². The van der Waals surface area contributed by atoms with E-state index in [2.05, 4.69) is 5.43 Å². The molecule has 1 heterocycles. The second kappa shape index (κ2) is 3.68. The predicted octanol–water partition coefficient (Wildman–Crippen LogP) is 0.913. The summed E-state index contributed by atoms with van der Waals surface area (Å²) in [7, 11) is 0. The summed E-state index contributed by atoms with van der Waals surface area (Å²) in [5.41, 5.74) is 2.29. The van der Waals surface area contributed by atoms with Crippen LogP contribution in [-0.2, 0) is 0 Å². The lowest BCUT2D eigenvalue weighted by molar-refractivity contribution is 0.174. The van der Waals surface area contributed by atoms with Crippen LogP contribution < -0.4 is 5.43 Å². The Morgan fingerprint density at radius 2 is 2.40 bits per heavy atom. The number of hydrogen-bond donors (Lipinski definition) is 2. The van der Waals surface area contributed by atoms with Crippen molar-refractivity contribution in [1.82, 2.24) is 9.84 Å². The van der Waals surface area contributed by atoms with Gasteiger partial charge in [0.2, 0.25) is 0 Å².